The first kappa shape index (κ1) is 10.5. The molecular formula is C8H5BrClIO. The Kier molecular flexibility index (Phi) is 3.55. The molecule has 0 aromatic heterocycles. The van der Waals surface area contributed by atoms with Crippen molar-refractivity contribution in [2.45, 2.75) is 6.92 Å². The summed E-state index contributed by atoms with van der Waals surface area (Å²) >= 11 is 11.3. The van der Waals surface area contributed by atoms with Gasteiger partial charge in [-0.05, 0) is 57.6 Å². The summed E-state index contributed by atoms with van der Waals surface area (Å²) < 4.78 is 1.79. The fraction of sp³-hybridized carbons (Fsp3) is 0.125. The second-order valence-electron chi connectivity index (χ2n) is 2.31. The van der Waals surface area contributed by atoms with Crippen molar-refractivity contribution in [2.75, 3.05) is 0 Å². The monoisotopic (exact) mass is 358 g/mol. The van der Waals surface area contributed by atoms with Crippen molar-refractivity contribution in [2.24, 2.45) is 0 Å². The molecule has 1 rings (SSSR count). The topological polar surface area (TPSA) is 17.1 Å². The lowest BCUT2D eigenvalue weighted by Crippen LogP contribution is -1.93. The van der Waals surface area contributed by atoms with E-state index in [-0.39, 0.29) is 5.78 Å². The molecule has 0 fully saturated rings. The standard InChI is InChI=1S/C8H5BrClIO/c1-4(12)5-2-6(9)8(11)7(10)3-5/h2-3H,1H3. The molecule has 0 bridgehead atoms. The van der Waals surface area contributed by atoms with Crippen LogP contribution in [-0.4, -0.2) is 5.78 Å². The SMILES string of the molecule is CC(=O)c1cc(Cl)c(I)c(Br)c1. The predicted molar refractivity (Wildman–Crippen MR) is 61.9 cm³/mol. The normalized spacial score (nSPS) is 10.0. The zero-order valence-corrected chi connectivity index (χ0v) is 10.7. The van der Waals surface area contributed by atoms with E-state index in [4.69, 9.17) is 11.6 Å². The van der Waals surface area contributed by atoms with Crippen molar-refractivity contribution in [3.05, 3.63) is 30.8 Å². The molecular weight excluding hydrogens is 354 g/mol. The van der Waals surface area contributed by atoms with Crippen molar-refractivity contribution >= 4 is 55.9 Å². The van der Waals surface area contributed by atoms with Crippen LogP contribution >= 0.6 is 50.1 Å². The summed E-state index contributed by atoms with van der Waals surface area (Å²) in [5.41, 5.74) is 0.632. The number of halogens is 3. The largest absolute Gasteiger partial charge is 0.295 e. The number of hydrogen-bond donors (Lipinski definition) is 0. The third-order valence-electron chi connectivity index (χ3n) is 1.39. The number of Topliss-reactive ketones (excluding diaryl/α,β-unsaturated/α-hetero) is 1. The van der Waals surface area contributed by atoms with Gasteiger partial charge in [-0.2, -0.15) is 0 Å². The van der Waals surface area contributed by atoms with Crippen LogP contribution < -0.4 is 0 Å². The Morgan fingerprint density at radius 2 is 2.17 bits per heavy atom. The molecule has 0 N–H and O–H groups in total. The number of benzene rings is 1. The zero-order valence-electron chi connectivity index (χ0n) is 6.20. The van der Waals surface area contributed by atoms with E-state index in [1.54, 1.807) is 12.1 Å². The predicted octanol–water partition coefficient (Wildman–Crippen LogP) is 3.91. The molecule has 0 spiro atoms. The fourth-order valence-corrected chi connectivity index (χ4v) is 1.86. The van der Waals surface area contributed by atoms with Gasteiger partial charge in [0.2, 0.25) is 0 Å². The molecule has 1 nitrogen and oxygen atoms in total. The average Bonchev–Trinajstić information content (AvgIpc) is 1.99. The van der Waals surface area contributed by atoms with Gasteiger partial charge < -0.3 is 0 Å². The van der Waals surface area contributed by atoms with Gasteiger partial charge >= 0.3 is 0 Å². The van der Waals surface area contributed by atoms with Crippen LogP contribution in [0.4, 0.5) is 0 Å². The molecule has 0 atom stereocenters. The van der Waals surface area contributed by atoms with Gasteiger partial charge in [-0.3, -0.25) is 4.79 Å². The van der Waals surface area contributed by atoms with Crippen LogP contribution in [0.3, 0.4) is 0 Å². The maximum absolute atomic E-state index is 11.0. The average molecular weight is 359 g/mol. The van der Waals surface area contributed by atoms with Crippen molar-refractivity contribution in [1.82, 2.24) is 0 Å². The summed E-state index contributed by atoms with van der Waals surface area (Å²) in [6.45, 7) is 1.52. The van der Waals surface area contributed by atoms with Crippen LogP contribution in [0.15, 0.2) is 16.6 Å². The minimum absolute atomic E-state index is 0.0222. The minimum atomic E-state index is 0.0222. The van der Waals surface area contributed by atoms with Gasteiger partial charge in [0.15, 0.2) is 5.78 Å². The summed E-state index contributed by atoms with van der Waals surface area (Å²) in [5.74, 6) is 0.0222. The molecule has 0 saturated carbocycles. The summed E-state index contributed by atoms with van der Waals surface area (Å²) in [4.78, 5) is 11.0. The minimum Gasteiger partial charge on any atom is -0.295 e. The van der Waals surface area contributed by atoms with Gasteiger partial charge in [-0.15, -0.1) is 0 Å². The molecule has 1 aromatic carbocycles. The summed E-state index contributed by atoms with van der Waals surface area (Å²) in [7, 11) is 0. The molecule has 0 heterocycles. The molecule has 0 radical (unpaired) electrons. The van der Waals surface area contributed by atoms with E-state index in [1.807, 2.05) is 0 Å². The second-order valence-corrected chi connectivity index (χ2v) is 4.65. The fourth-order valence-electron chi connectivity index (χ4n) is 0.759. The van der Waals surface area contributed by atoms with Crippen LogP contribution in [0.2, 0.25) is 5.02 Å². The Bertz CT molecular complexity index is 315. The molecule has 0 aliphatic rings. The Hall–Kier alpha value is 0.390. The summed E-state index contributed by atoms with van der Waals surface area (Å²) in [6.07, 6.45) is 0. The lowest BCUT2D eigenvalue weighted by molar-refractivity contribution is 0.101. The molecule has 12 heavy (non-hydrogen) atoms. The Labute approximate surface area is 97.8 Å². The van der Waals surface area contributed by atoms with Crippen LogP contribution in [-0.2, 0) is 0 Å². The number of hydrogen-bond acceptors (Lipinski definition) is 1. The van der Waals surface area contributed by atoms with E-state index in [0.717, 1.165) is 8.04 Å². The van der Waals surface area contributed by atoms with E-state index >= 15 is 0 Å². The van der Waals surface area contributed by atoms with Crippen molar-refractivity contribution in [1.29, 1.82) is 0 Å². The number of ketones is 1. The summed E-state index contributed by atoms with van der Waals surface area (Å²) in [5, 5.41) is 0.607. The van der Waals surface area contributed by atoms with Gasteiger partial charge in [-0.1, -0.05) is 11.6 Å². The number of carbonyl (C=O) groups excluding carboxylic acids is 1. The van der Waals surface area contributed by atoms with Crippen molar-refractivity contribution in [3.8, 4) is 0 Å². The van der Waals surface area contributed by atoms with Gasteiger partial charge in [0.1, 0.15) is 0 Å². The van der Waals surface area contributed by atoms with Crippen molar-refractivity contribution in [3.63, 3.8) is 0 Å². The highest BCUT2D eigenvalue weighted by atomic mass is 127. The van der Waals surface area contributed by atoms with Gasteiger partial charge in [0.25, 0.3) is 0 Å². The van der Waals surface area contributed by atoms with E-state index in [9.17, 15) is 4.79 Å². The molecule has 0 unspecified atom stereocenters. The molecule has 0 saturated heterocycles. The zero-order chi connectivity index (χ0) is 9.30. The van der Waals surface area contributed by atoms with Gasteiger partial charge in [-0.25, -0.2) is 0 Å². The Morgan fingerprint density at radius 1 is 1.58 bits per heavy atom. The number of carbonyl (C=O) groups is 1. The third-order valence-corrected chi connectivity index (χ3v) is 4.54. The van der Waals surface area contributed by atoms with Crippen LogP contribution in [0, 0.1) is 3.57 Å². The summed E-state index contributed by atoms with van der Waals surface area (Å²) in [6, 6.07) is 3.45. The highest BCUT2D eigenvalue weighted by Crippen LogP contribution is 2.28. The lowest BCUT2D eigenvalue weighted by atomic mass is 10.2. The van der Waals surface area contributed by atoms with Crippen LogP contribution in [0.25, 0.3) is 0 Å². The first-order chi connectivity index (χ1) is 5.52. The molecule has 0 aliphatic carbocycles. The first-order valence-corrected chi connectivity index (χ1v) is 5.43. The van der Waals surface area contributed by atoms with Gasteiger partial charge in [0, 0.05) is 13.6 Å². The van der Waals surface area contributed by atoms with E-state index < -0.39 is 0 Å². The molecule has 1 aromatic rings. The highest BCUT2D eigenvalue weighted by molar-refractivity contribution is 14.1. The van der Waals surface area contributed by atoms with Crippen molar-refractivity contribution < 1.29 is 4.79 Å². The van der Waals surface area contributed by atoms with Crippen LogP contribution in [0.1, 0.15) is 17.3 Å². The Balaban J connectivity index is 3.31. The highest BCUT2D eigenvalue weighted by Gasteiger charge is 2.07. The van der Waals surface area contributed by atoms with Crippen LogP contribution in [0.5, 0.6) is 0 Å². The van der Waals surface area contributed by atoms with E-state index in [1.165, 1.54) is 6.92 Å². The molecule has 0 aliphatic heterocycles. The van der Waals surface area contributed by atoms with E-state index in [2.05, 4.69) is 38.5 Å². The molecule has 4 heteroatoms. The first-order valence-electron chi connectivity index (χ1n) is 3.18. The lowest BCUT2D eigenvalue weighted by Gasteiger charge is -2.01. The molecule has 64 valence electrons. The Morgan fingerprint density at radius 3 is 2.58 bits per heavy atom. The quantitative estimate of drug-likeness (QED) is 0.422. The third kappa shape index (κ3) is 2.20. The maximum atomic E-state index is 11.0. The maximum Gasteiger partial charge on any atom is 0.159 e. The smallest absolute Gasteiger partial charge is 0.159 e. The van der Waals surface area contributed by atoms with Gasteiger partial charge in [0.05, 0.1) is 5.02 Å². The number of rotatable bonds is 1. The second kappa shape index (κ2) is 4.07. The van der Waals surface area contributed by atoms with E-state index in [0.29, 0.717) is 10.6 Å². The molecule has 0 amide bonds.